The van der Waals surface area contributed by atoms with Crippen molar-refractivity contribution < 1.29 is 19.0 Å². The summed E-state index contributed by atoms with van der Waals surface area (Å²) in [5.74, 6) is 2.19. The van der Waals surface area contributed by atoms with Crippen LogP contribution in [-0.2, 0) is 0 Å². The van der Waals surface area contributed by atoms with E-state index in [2.05, 4.69) is 5.32 Å². The second kappa shape index (κ2) is 8.24. The van der Waals surface area contributed by atoms with Crippen LogP contribution in [0.2, 0.25) is 0 Å². The fraction of sp³-hybridized carbons (Fsp3) is 0.316. The summed E-state index contributed by atoms with van der Waals surface area (Å²) in [6.07, 6.45) is 0. The lowest BCUT2D eigenvalue weighted by Gasteiger charge is -2.13. The molecule has 5 heteroatoms. The molecule has 0 bridgehead atoms. The van der Waals surface area contributed by atoms with E-state index >= 15 is 0 Å². The van der Waals surface area contributed by atoms with Gasteiger partial charge in [0, 0.05) is 5.56 Å². The molecular weight excluding hydrogens is 306 g/mol. The monoisotopic (exact) mass is 329 g/mol. The predicted octanol–water partition coefficient (Wildman–Crippen LogP) is 3.13. The second-order valence-corrected chi connectivity index (χ2v) is 5.35. The Bertz CT molecular complexity index is 695. The third-order valence-electron chi connectivity index (χ3n) is 3.92. The fourth-order valence-corrected chi connectivity index (χ4v) is 2.36. The Labute approximate surface area is 142 Å². The van der Waals surface area contributed by atoms with Crippen molar-refractivity contribution in [1.82, 2.24) is 5.32 Å². The molecule has 0 saturated carbocycles. The van der Waals surface area contributed by atoms with Gasteiger partial charge in [0.25, 0.3) is 5.91 Å². The van der Waals surface area contributed by atoms with E-state index < -0.39 is 0 Å². The van der Waals surface area contributed by atoms with Gasteiger partial charge in [0.15, 0.2) is 0 Å². The van der Waals surface area contributed by atoms with Crippen LogP contribution in [0, 0.1) is 13.8 Å². The standard InChI is InChI=1S/C19H23NO4/c1-13-14(2)18(23-4)10-9-17(13)19(21)20-11-12-24-16-7-5-15(22-3)6-8-16/h5-10H,11-12H2,1-4H3,(H,20,21). The molecular formula is C19H23NO4. The fourth-order valence-electron chi connectivity index (χ4n) is 2.36. The van der Waals surface area contributed by atoms with E-state index in [4.69, 9.17) is 14.2 Å². The Kier molecular flexibility index (Phi) is 6.07. The maximum atomic E-state index is 12.3. The number of ether oxygens (including phenoxy) is 3. The largest absolute Gasteiger partial charge is 0.497 e. The van der Waals surface area contributed by atoms with Crippen LogP contribution in [0.3, 0.4) is 0 Å². The van der Waals surface area contributed by atoms with Gasteiger partial charge in [-0.3, -0.25) is 4.79 Å². The lowest BCUT2D eigenvalue weighted by Crippen LogP contribution is -2.28. The zero-order valence-electron chi connectivity index (χ0n) is 14.5. The molecule has 128 valence electrons. The lowest BCUT2D eigenvalue weighted by molar-refractivity contribution is 0.0946. The van der Waals surface area contributed by atoms with Crippen molar-refractivity contribution in [2.75, 3.05) is 27.4 Å². The summed E-state index contributed by atoms with van der Waals surface area (Å²) in [7, 11) is 3.24. The van der Waals surface area contributed by atoms with Crippen molar-refractivity contribution in [3.8, 4) is 17.2 Å². The first-order valence-corrected chi connectivity index (χ1v) is 7.76. The van der Waals surface area contributed by atoms with E-state index in [1.807, 2.05) is 44.2 Å². The third-order valence-corrected chi connectivity index (χ3v) is 3.92. The SMILES string of the molecule is COc1ccc(OCCNC(=O)c2ccc(OC)c(C)c2C)cc1. The number of carbonyl (C=O) groups is 1. The average Bonchev–Trinajstić information content (AvgIpc) is 2.61. The van der Waals surface area contributed by atoms with Crippen LogP contribution in [0.25, 0.3) is 0 Å². The minimum atomic E-state index is -0.114. The number of hydrogen-bond acceptors (Lipinski definition) is 4. The Hall–Kier alpha value is -2.69. The summed E-state index contributed by atoms with van der Waals surface area (Å²) < 4.78 is 15.9. The van der Waals surface area contributed by atoms with Gasteiger partial charge in [-0.25, -0.2) is 0 Å². The minimum absolute atomic E-state index is 0.114. The van der Waals surface area contributed by atoms with Crippen molar-refractivity contribution in [2.45, 2.75) is 13.8 Å². The highest BCUT2D eigenvalue weighted by Crippen LogP contribution is 2.23. The quantitative estimate of drug-likeness (QED) is 0.793. The zero-order valence-corrected chi connectivity index (χ0v) is 14.5. The molecule has 0 radical (unpaired) electrons. The molecule has 0 aliphatic heterocycles. The molecule has 0 heterocycles. The highest BCUT2D eigenvalue weighted by molar-refractivity contribution is 5.96. The number of amides is 1. The molecule has 2 rings (SSSR count). The smallest absolute Gasteiger partial charge is 0.251 e. The summed E-state index contributed by atoms with van der Waals surface area (Å²) in [5.41, 5.74) is 2.54. The highest BCUT2D eigenvalue weighted by atomic mass is 16.5. The van der Waals surface area contributed by atoms with E-state index in [1.165, 1.54) is 0 Å². The van der Waals surface area contributed by atoms with Crippen molar-refractivity contribution >= 4 is 5.91 Å². The molecule has 2 aromatic rings. The molecule has 24 heavy (non-hydrogen) atoms. The third kappa shape index (κ3) is 4.19. The summed E-state index contributed by atoms with van der Waals surface area (Å²) in [5, 5.41) is 2.87. The number of benzene rings is 2. The summed E-state index contributed by atoms with van der Waals surface area (Å²) in [4.78, 5) is 12.3. The van der Waals surface area contributed by atoms with Gasteiger partial charge in [-0.2, -0.15) is 0 Å². The molecule has 0 saturated heterocycles. The van der Waals surface area contributed by atoms with Gasteiger partial charge in [-0.1, -0.05) is 0 Å². The number of nitrogens with one attached hydrogen (secondary N) is 1. The van der Waals surface area contributed by atoms with Gasteiger partial charge in [-0.05, 0) is 61.4 Å². The number of hydrogen-bond donors (Lipinski definition) is 1. The normalized spacial score (nSPS) is 10.2. The molecule has 1 amide bonds. The molecule has 0 aliphatic rings. The van der Waals surface area contributed by atoms with Crippen LogP contribution >= 0.6 is 0 Å². The van der Waals surface area contributed by atoms with Crippen LogP contribution < -0.4 is 19.5 Å². The van der Waals surface area contributed by atoms with Crippen LogP contribution in [0.1, 0.15) is 21.5 Å². The van der Waals surface area contributed by atoms with Gasteiger partial charge >= 0.3 is 0 Å². The second-order valence-electron chi connectivity index (χ2n) is 5.35. The Morgan fingerprint density at radius 2 is 1.58 bits per heavy atom. The van der Waals surface area contributed by atoms with Gasteiger partial charge in [0.2, 0.25) is 0 Å². The molecule has 0 spiro atoms. The van der Waals surface area contributed by atoms with E-state index in [0.717, 1.165) is 28.4 Å². The summed E-state index contributed by atoms with van der Waals surface area (Å²) in [6.45, 7) is 4.68. The number of methoxy groups -OCH3 is 2. The van der Waals surface area contributed by atoms with Crippen LogP contribution in [-0.4, -0.2) is 33.3 Å². The maximum Gasteiger partial charge on any atom is 0.251 e. The maximum absolute atomic E-state index is 12.3. The molecule has 2 aromatic carbocycles. The number of carbonyl (C=O) groups excluding carboxylic acids is 1. The van der Waals surface area contributed by atoms with E-state index in [0.29, 0.717) is 18.7 Å². The predicted molar refractivity (Wildman–Crippen MR) is 93.3 cm³/mol. The molecule has 1 N–H and O–H groups in total. The Morgan fingerprint density at radius 1 is 0.917 bits per heavy atom. The molecule has 0 aromatic heterocycles. The van der Waals surface area contributed by atoms with E-state index in [1.54, 1.807) is 20.3 Å². The molecule has 0 fully saturated rings. The van der Waals surface area contributed by atoms with Crippen molar-refractivity contribution in [3.63, 3.8) is 0 Å². The van der Waals surface area contributed by atoms with Gasteiger partial charge in [0.05, 0.1) is 20.8 Å². The van der Waals surface area contributed by atoms with Crippen molar-refractivity contribution in [2.24, 2.45) is 0 Å². The topological polar surface area (TPSA) is 56.8 Å². The van der Waals surface area contributed by atoms with Gasteiger partial charge in [0.1, 0.15) is 23.9 Å². The van der Waals surface area contributed by atoms with Crippen molar-refractivity contribution in [3.05, 3.63) is 53.1 Å². The zero-order chi connectivity index (χ0) is 17.5. The average molecular weight is 329 g/mol. The van der Waals surface area contributed by atoms with Crippen molar-refractivity contribution in [1.29, 1.82) is 0 Å². The van der Waals surface area contributed by atoms with Gasteiger partial charge in [-0.15, -0.1) is 0 Å². The first-order chi connectivity index (χ1) is 11.6. The lowest BCUT2D eigenvalue weighted by atomic mass is 10.0. The first-order valence-electron chi connectivity index (χ1n) is 7.76. The van der Waals surface area contributed by atoms with Gasteiger partial charge < -0.3 is 19.5 Å². The summed E-state index contributed by atoms with van der Waals surface area (Å²) in [6, 6.07) is 10.9. The van der Waals surface area contributed by atoms with E-state index in [9.17, 15) is 4.79 Å². The molecule has 0 atom stereocenters. The summed E-state index contributed by atoms with van der Waals surface area (Å²) >= 11 is 0. The van der Waals surface area contributed by atoms with Crippen LogP contribution in [0.5, 0.6) is 17.2 Å². The Balaban J connectivity index is 1.86. The van der Waals surface area contributed by atoms with Crippen LogP contribution in [0.4, 0.5) is 0 Å². The molecule has 5 nitrogen and oxygen atoms in total. The Morgan fingerprint density at radius 3 is 2.21 bits per heavy atom. The number of rotatable bonds is 7. The minimum Gasteiger partial charge on any atom is -0.497 e. The molecule has 0 unspecified atom stereocenters. The van der Waals surface area contributed by atoms with E-state index in [-0.39, 0.29) is 5.91 Å². The molecule has 0 aliphatic carbocycles. The first kappa shape index (κ1) is 17.7. The van der Waals surface area contributed by atoms with Crippen LogP contribution in [0.15, 0.2) is 36.4 Å². The highest BCUT2D eigenvalue weighted by Gasteiger charge is 2.12.